The van der Waals surface area contributed by atoms with Gasteiger partial charge in [0.1, 0.15) is 10.7 Å². The summed E-state index contributed by atoms with van der Waals surface area (Å²) in [6.45, 7) is 7.01. The summed E-state index contributed by atoms with van der Waals surface area (Å²) in [7, 11) is 0. The second kappa shape index (κ2) is 6.66. The van der Waals surface area contributed by atoms with Gasteiger partial charge in [0.05, 0.1) is 30.2 Å². The van der Waals surface area contributed by atoms with E-state index in [1.54, 1.807) is 0 Å². The van der Waals surface area contributed by atoms with Crippen LogP contribution in [0.2, 0.25) is 0 Å². The minimum atomic E-state index is -0.0352. The average molecular weight is 404 g/mol. The Bertz CT molecular complexity index is 1220. The number of aromatic nitrogens is 5. The van der Waals surface area contributed by atoms with Gasteiger partial charge in [0, 0.05) is 18.0 Å². The Morgan fingerprint density at radius 1 is 1.10 bits per heavy atom. The van der Waals surface area contributed by atoms with Gasteiger partial charge in [-0.3, -0.25) is 4.79 Å². The highest BCUT2D eigenvalue weighted by Crippen LogP contribution is 2.32. The number of amides is 1. The van der Waals surface area contributed by atoms with Crippen LogP contribution in [0.3, 0.4) is 0 Å². The molecule has 0 fully saturated rings. The van der Waals surface area contributed by atoms with Crippen molar-refractivity contribution in [2.75, 3.05) is 0 Å². The number of fused-ring (bicyclic) bond motifs is 1. The number of benzene rings is 1. The normalized spacial score (nSPS) is 13.1. The minimum Gasteiger partial charge on any atom is -0.327 e. The molecular formula is C21H20N6OS. The maximum Gasteiger partial charge on any atom is 0.268 e. The van der Waals surface area contributed by atoms with Gasteiger partial charge in [-0.05, 0) is 56.1 Å². The lowest BCUT2D eigenvalue weighted by molar-refractivity contribution is 0.0753. The molecule has 1 aromatic carbocycles. The third-order valence-electron chi connectivity index (χ3n) is 5.29. The van der Waals surface area contributed by atoms with Crippen molar-refractivity contribution >= 4 is 17.4 Å². The molecule has 0 N–H and O–H groups in total. The summed E-state index contributed by atoms with van der Waals surface area (Å²) in [5.41, 5.74) is 6.11. The number of nitrogens with zero attached hydrogens (tertiary/aromatic N) is 6. The molecule has 1 aliphatic rings. The first-order chi connectivity index (χ1) is 14.0. The molecule has 5 rings (SSSR count). The lowest BCUT2D eigenvalue weighted by Gasteiger charge is -2.17. The summed E-state index contributed by atoms with van der Waals surface area (Å²) < 4.78 is 7.97. The van der Waals surface area contributed by atoms with E-state index >= 15 is 0 Å². The number of carbonyl (C=O) groups is 1. The number of carbonyl (C=O) groups excluding carboxylic acids is 1. The first-order valence-electron chi connectivity index (χ1n) is 9.43. The van der Waals surface area contributed by atoms with Crippen LogP contribution in [0.5, 0.6) is 0 Å². The maximum atomic E-state index is 13.0. The third kappa shape index (κ3) is 2.87. The van der Waals surface area contributed by atoms with E-state index in [0.717, 1.165) is 34.3 Å². The zero-order chi connectivity index (χ0) is 20.1. The molecule has 29 heavy (non-hydrogen) atoms. The fourth-order valence-electron chi connectivity index (χ4n) is 3.87. The van der Waals surface area contributed by atoms with Gasteiger partial charge in [-0.2, -0.15) is 5.10 Å². The van der Waals surface area contributed by atoms with Gasteiger partial charge in [0.2, 0.25) is 0 Å². The van der Waals surface area contributed by atoms with E-state index in [-0.39, 0.29) is 5.91 Å². The number of rotatable bonds is 3. The molecule has 0 unspecified atom stereocenters. The average Bonchev–Trinajstić information content (AvgIpc) is 3.44. The summed E-state index contributed by atoms with van der Waals surface area (Å²) in [4.78, 5) is 15.4. The molecule has 7 nitrogen and oxygen atoms in total. The van der Waals surface area contributed by atoms with Crippen molar-refractivity contribution in [3.05, 3.63) is 75.7 Å². The first kappa shape index (κ1) is 17.8. The molecule has 4 heterocycles. The number of hydrogen-bond donors (Lipinski definition) is 0. The quantitative estimate of drug-likeness (QED) is 0.523. The van der Waals surface area contributed by atoms with Gasteiger partial charge in [0.15, 0.2) is 0 Å². The summed E-state index contributed by atoms with van der Waals surface area (Å²) in [5.74, 6) is 0.943. The van der Waals surface area contributed by atoms with Crippen molar-refractivity contribution in [2.24, 2.45) is 0 Å². The third-order valence-corrected chi connectivity index (χ3v) is 6.11. The van der Waals surface area contributed by atoms with Crippen LogP contribution in [0.15, 0.2) is 42.7 Å². The Morgan fingerprint density at radius 3 is 2.59 bits per heavy atom. The first-order valence-corrected chi connectivity index (χ1v) is 10.2. The fourth-order valence-corrected chi connectivity index (χ4v) is 4.49. The monoisotopic (exact) mass is 404 g/mol. The van der Waals surface area contributed by atoms with Crippen LogP contribution in [-0.2, 0) is 13.1 Å². The molecule has 0 bridgehead atoms. The Morgan fingerprint density at radius 2 is 1.90 bits per heavy atom. The van der Waals surface area contributed by atoms with E-state index in [9.17, 15) is 4.79 Å². The van der Waals surface area contributed by atoms with E-state index in [4.69, 9.17) is 5.10 Å². The van der Waals surface area contributed by atoms with Gasteiger partial charge >= 0.3 is 0 Å². The highest BCUT2D eigenvalue weighted by atomic mass is 32.1. The van der Waals surface area contributed by atoms with E-state index in [1.807, 2.05) is 41.0 Å². The maximum absolute atomic E-state index is 13.0. The summed E-state index contributed by atoms with van der Waals surface area (Å²) in [5, 5.41) is 8.89. The molecule has 4 aromatic rings. The molecule has 3 aromatic heterocycles. The van der Waals surface area contributed by atoms with Gasteiger partial charge in [-0.15, -0.1) is 5.10 Å². The molecule has 146 valence electrons. The molecule has 0 saturated carbocycles. The molecule has 0 aliphatic carbocycles. The van der Waals surface area contributed by atoms with E-state index in [0.29, 0.717) is 23.7 Å². The van der Waals surface area contributed by atoms with Crippen LogP contribution in [0.4, 0.5) is 0 Å². The number of hydrogen-bond acceptors (Lipinski definition) is 5. The van der Waals surface area contributed by atoms with E-state index < -0.39 is 0 Å². The zero-order valence-corrected chi connectivity index (χ0v) is 17.3. The van der Waals surface area contributed by atoms with Crippen molar-refractivity contribution in [3.8, 4) is 11.5 Å². The van der Waals surface area contributed by atoms with Crippen LogP contribution in [0.25, 0.3) is 11.5 Å². The Balaban J connectivity index is 1.59. The van der Waals surface area contributed by atoms with Crippen LogP contribution < -0.4 is 0 Å². The highest BCUT2D eigenvalue weighted by molar-refractivity contribution is 7.07. The number of aryl methyl sites for hydroxylation is 3. The van der Waals surface area contributed by atoms with Crippen molar-refractivity contribution in [1.82, 2.24) is 28.8 Å². The Labute approximate surface area is 172 Å². The Kier molecular flexibility index (Phi) is 4.09. The molecule has 0 spiro atoms. The molecule has 0 saturated heterocycles. The van der Waals surface area contributed by atoms with E-state index in [1.165, 1.54) is 11.1 Å². The predicted molar refractivity (Wildman–Crippen MR) is 111 cm³/mol. The van der Waals surface area contributed by atoms with E-state index in [2.05, 4.69) is 46.2 Å². The molecule has 8 heteroatoms. The topological polar surface area (TPSA) is 68.8 Å². The van der Waals surface area contributed by atoms with Crippen molar-refractivity contribution in [2.45, 2.75) is 33.9 Å². The zero-order valence-electron chi connectivity index (χ0n) is 16.5. The summed E-state index contributed by atoms with van der Waals surface area (Å²) in [6, 6.07) is 10.4. The van der Waals surface area contributed by atoms with Crippen LogP contribution >= 0.6 is 11.5 Å². The SMILES string of the molecule is Cc1ccc(-n2nc3c(c2-n2cccc2)CN(C(=O)c2snnc2C)C3)c(C)c1. The van der Waals surface area contributed by atoms with Crippen molar-refractivity contribution in [1.29, 1.82) is 0 Å². The predicted octanol–water partition coefficient (Wildman–Crippen LogP) is 3.60. The van der Waals surface area contributed by atoms with Crippen LogP contribution in [0.1, 0.15) is 37.7 Å². The summed E-state index contributed by atoms with van der Waals surface area (Å²) in [6.07, 6.45) is 4.03. The molecule has 0 radical (unpaired) electrons. The smallest absolute Gasteiger partial charge is 0.268 e. The minimum absolute atomic E-state index is 0.0352. The molecular weight excluding hydrogens is 384 g/mol. The molecule has 1 amide bonds. The Hall–Kier alpha value is -3.26. The lowest BCUT2D eigenvalue weighted by Crippen LogP contribution is -2.26. The van der Waals surface area contributed by atoms with Crippen molar-refractivity contribution in [3.63, 3.8) is 0 Å². The summed E-state index contributed by atoms with van der Waals surface area (Å²) >= 11 is 1.15. The van der Waals surface area contributed by atoms with Gasteiger partial charge in [-0.1, -0.05) is 22.2 Å². The molecule has 0 atom stereocenters. The van der Waals surface area contributed by atoms with Gasteiger partial charge in [0.25, 0.3) is 5.91 Å². The van der Waals surface area contributed by atoms with Gasteiger partial charge in [-0.25, -0.2) is 4.68 Å². The second-order valence-electron chi connectivity index (χ2n) is 7.39. The van der Waals surface area contributed by atoms with Crippen molar-refractivity contribution < 1.29 is 4.79 Å². The lowest BCUT2D eigenvalue weighted by atomic mass is 10.1. The van der Waals surface area contributed by atoms with Crippen LogP contribution in [0, 0.1) is 20.8 Å². The second-order valence-corrected chi connectivity index (χ2v) is 8.14. The highest BCUT2D eigenvalue weighted by Gasteiger charge is 2.33. The largest absolute Gasteiger partial charge is 0.327 e. The molecule has 1 aliphatic heterocycles. The standard InChI is InChI=1S/C21H20N6OS/c1-13-6-7-18(14(2)10-13)27-20(25-8-4-5-9-25)16-11-26(12-17(16)23-27)21(28)19-15(3)22-24-29-19/h4-10H,11-12H2,1-3H3. The van der Waals surface area contributed by atoms with Crippen LogP contribution in [-0.4, -0.2) is 34.7 Å². The van der Waals surface area contributed by atoms with Gasteiger partial charge < -0.3 is 9.47 Å². The fraction of sp³-hybridized carbons (Fsp3) is 0.238.